The Morgan fingerprint density at radius 2 is 1.86 bits per heavy atom. The number of nitrogens with one attached hydrogen (secondary N) is 2. The van der Waals surface area contributed by atoms with Gasteiger partial charge < -0.3 is 15.7 Å². The first-order valence-electron chi connectivity index (χ1n) is 6.69. The largest absolute Gasteiger partial charge is 0.478 e. The smallest absolute Gasteiger partial charge is 0.335 e. The molecule has 22 heavy (non-hydrogen) atoms. The Hall–Kier alpha value is -3.08. The number of carbonyl (C=O) groups excluding carboxylic acids is 1. The molecule has 2 rings (SSSR count). The van der Waals surface area contributed by atoms with Crippen molar-refractivity contribution in [3.8, 4) is 0 Å². The fourth-order valence-electron chi connectivity index (χ4n) is 1.88. The summed E-state index contributed by atoms with van der Waals surface area (Å²) >= 11 is 0. The molecule has 0 fully saturated rings. The van der Waals surface area contributed by atoms with Crippen molar-refractivity contribution in [1.82, 2.24) is 5.32 Å². The molecule has 0 spiro atoms. The van der Waals surface area contributed by atoms with Crippen molar-refractivity contribution < 1.29 is 14.7 Å². The SMILES string of the molecule is Cc1ccccc1/C=C/NC(=O)Nc1cccc(C(=O)O)c1. The van der Waals surface area contributed by atoms with E-state index in [2.05, 4.69) is 10.6 Å². The van der Waals surface area contributed by atoms with Gasteiger partial charge >= 0.3 is 12.0 Å². The van der Waals surface area contributed by atoms with E-state index in [-0.39, 0.29) is 5.56 Å². The van der Waals surface area contributed by atoms with E-state index >= 15 is 0 Å². The number of carboxylic acid groups (broad SMARTS) is 1. The number of carbonyl (C=O) groups is 2. The lowest BCUT2D eigenvalue weighted by atomic mass is 10.1. The zero-order chi connectivity index (χ0) is 15.9. The van der Waals surface area contributed by atoms with Gasteiger partial charge in [-0.2, -0.15) is 0 Å². The Bertz CT molecular complexity index is 723. The molecular formula is C17H16N2O3. The van der Waals surface area contributed by atoms with Crippen LogP contribution in [-0.2, 0) is 0 Å². The summed E-state index contributed by atoms with van der Waals surface area (Å²) in [6, 6.07) is 13.4. The van der Waals surface area contributed by atoms with E-state index in [9.17, 15) is 9.59 Å². The van der Waals surface area contributed by atoms with Crippen molar-refractivity contribution >= 4 is 23.8 Å². The molecule has 5 heteroatoms. The first-order valence-corrected chi connectivity index (χ1v) is 6.69. The number of hydrogen-bond donors (Lipinski definition) is 3. The molecule has 0 heterocycles. The lowest BCUT2D eigenvalue weighted by molar-refractivity contribution is 0.0697. The maximum Gasteiger partial charge on any atom is 0.335 e. The van der Waals surface area contributed by atoms with Crippen LogP contribution < -0.4 is 10.6 Å². The van der Waals surface area contributed by atoms with Crippen LogP contribution in [0.3, 0.4) is 0 Å². The van der Waals surface area contributed by atoms with Crippen LogP contribution in [0, 0.1) is 6.92 Å². The maximum atomic E-state index is 11.7. The van der Waals surface area contributed by atoms with Crippen LogP contribution in [0.2, 0.25) is 0 Å². The minimum atomic E-state index is -1.04. The maximum absolute atomic E-state index is 11.7. The molecule has 0 radical (unpaired) electrons. The van der Waals surface area contributed by atoms with E-state index < -0.39 is 12.0 Å². The number of hydrogen-bond acceptors (Lipinski definition) is 2. The molecule has 0 aliphatic heterocycles. The Labute approximate surface area is 128 Å². The molecule has 2 aromatic carbocycles. The van der Waals surface area contributed by atoms with Gasteiger partial charge in [0.05, 0.1) is 5.56 Å². The van der Waals surface area contributed by atoms with E-state index in [1.165, 1.54) is 12.1 Å². The highest BCUT2D eigenvalue weighted by Crippen LogP contribution is 2.11. The number of rotatable bonds is 4. The average Bonchev–Trinajstić information content (AvgIpc) is 2.49. The van der Waals surface area contributed by atoms with Crippen molar-refractivity contribution in [2.45, 2.75) is 6.92 Å². The highest BCUT2D eigenvalue weighted by atomic mass is 16.4. The molecule has 0 bridgehead atoms. The van der Waals surface area contributed by atoms with Gasteiger partial charge in [-0.3, -0.25) is 0 Å². The van der Waals surface area contributed by atoms with Crippen LogP contribution in [0.25, 0.3) is 6.08 Å². The second kappa shape index (κ2) is 7.08. The highest BCUT2D eigenvalue weighted by Gasteiger charge is 2.05. The summed E-state index contributed by atoms with van der Waals surface area (Å²) in [6.07, 6.45) is 3.33. The summed E-state index contributed by atoms with van der Waals surface area (Å²) in [4.78, 5) is 22.6. The van der Waals surface area contributed by atoms with Gasteiger partial charge in [-0.15, -0.1) is 0 Å². The van der Waals surface area contributed by atoms with Crippen molar-refractivity contribution in [3.05, 3.63) is 71.4 Å². The van der Waals surface area contributed by atoms with E-state index in [1.807, 2.05) is 31.2 Å². The van der Waals surface area contributed by atoms with Gasteiger partial charge in [-0.25, -0.2) is 9.59 Å². The van der Waals surface area contributed by atoms with Gasteiger partial charge in [-0.05, 0) is 42.3 Å². The summed E-state index contributed by atoms with van der Waals surface area (Å²) in [6.45, 7) is 1.98. The molecule has 3 N–H and O–H groups in total. The molecule has 0 saturated carbocycles. The van der Waals surface area contributed by atoms with Crippen LogP contribution >= 0.6 is 0 Å². The number of carboxylic acids is 1. The Balaban J connectivity index is 1.95. The predicted octanol–water partition coefficient (Wildman–Crippen LogP) is 3.49. The van der Waals surface area contributed by atoms with Crippen LogP contribution in [0.4, 0.5) is 10.5 Å². The molecule has 0 aromatic heterocycles. The topological polar surface area (TPSA) is 78.4 Å². The number of aromatic carboxylic acids is 1. The molecule has 0 atom stereocenters. The third-order valence-electron chi connectivity index (χ3n) is 3.03. The fourth-order valence-corrected chi connectivity index (χ4v) is 1.88. The van der Waals surface area contributed by atoms with Gasteiger partial charge in [0.25, 0.3) is 0 Å². The van der Waals surface area contributed by atoms with E-state index in [0.29, 0.717) is 5.69 Å². The minimum absolute atomic E-state index is 0.119. The molecule has 0 unspecified atom stereocenters. The van der Waals surface area contributed by atoms with Crippen LogP contribution in [0.1, 0.15) is 21.5 Å². The van der Waals surface area contributed by atoms with E-state index in [1.54, 1.807) is 24.4 Å². The standard InChI is InChI=1S/C17H16N2O3/c1-12-5-2-3-6-13(12)9-10-18-17(22)19-15-8-4-7-14(11-15)16(20)21/h2-11H,1H3,(H,20,21)(H2,18,19,22)/b10-9+. The molecule has 2 amide bonds. The average molecular weight is 296 g/mol. The quantitative estimate of drug-likeness (QED) is 0.808. The second-order valence-electron chi connectivity index (χ2n) is 4.67. The monoisotopic (exact) mass is 296 g/mol. The van der Waals surface area contributed by atoms with Crippen molar-refractivity contribution in [3.63, 3.8) is 0 Å². The van der Waals surface area contributed by atoms with Gasteiger partial charge in [0.1, 0.15) is 0 Å². The summed E-state index contributed by atoms with van der Waals surface area (Å²) in [7, 11) is 0. The Morgan fingerprint density at radius 1 is 1.09 bits per heavy atom. The molecule has 0 saturated heterocycles. The Kier molecular flexibility index (Phi) is 4.93. The summed E-state index contributed by atoms with van der Waals surface area (Å²) in [5.74, 6) is -1.04. The molecular weight excluding hydrogens is 280 g/mol. The summed E-state index contributed by atoms with van der Waals surface area (Å²) < 4.78 is 0. The van der Waals surface area contributed by atoms with E-state index in [4.69, 9.17) is 5.11 Å². The van der Waals surface area contributed by atoms with Gasteiger partial charge in [0.15, 0.2) is 0 Å². The molecule has 0 aliphatic carbocycles. The van der Waals surface area contributed by atoms with Crippen molar-refractivity contribution in [2.75, 3.05) is 5.32 Å². The molecule has 0 aliphatic rings. The van der Waals surface area contributed by atoms with E-state index in [0.717, 1.165) is 11.1 Å². The summed E-state index contributed by atoms with van der Waals surface area (Å²) in [5, 5.41) is 14.0. The fraction of sp³-hybridized carbons (Fsp3) is 0.0588. The first kappa shape index (κ1) is 15.3. The second-order valence-corrected chi connectivity index (χ2v) is 4.67. The van der Waals surface area contributed by atoms with Crippen LogP contribution in [-0.4, -0.2) is 17.1 Å². The predicted molar refractivity (Wildman–Crippen MR) is 85.8 cm³/mol. The third kappa shape index (κ3) is 4.21. The normalized spacial score (nSPS) is 10.4. The minimum Gasteiger partial charge on any atom is -0.478 e. The zero-order valence-electron chi connectivity index (χ0n) is 12.0. The van der Waals surface area contributed by atoms with Gasteiger partial charge in [-0.1, -0.05) is 30.3 Å². The van der Waals surface area contributed by atoms with Gasteiger partial charge in [0, 0.05) is 11.9 Å². The van der Waals surface area contributed by atoms with Crippen molar-refractivity contribution in [2.24, 2.45) is 0 Å². The molecule has 5 nitrogen and oxygen atoms in total. The van der Waals surface area contributed by atoms with Crippen molar-refractivity contribution in [1.29, 1.82) is 0 Å². The number of anilines is 1. The van der Waals surface area contributed by atoms with Crippen LogP contribution in [0.5, 0.6) is 0 Å². The highest BCUT2D eigenvalue weighted by molar-refractivity contribution is 5.93. The lowest BCUT2D eigenvalue weighted by Crippen LogP contribution is -2.23. The Morgan fingerprint density at radius 3 is 2.59 bits per heavy atom. The molecule has 2 aromatic rings. The number of amides is 2. The number of aryl methyl sites for hydroxylation is 1. The van der Waals surface area contributed by atoms with Gasteiger partial charge in [0.2, 0.25) is 0 Å². The zero-order valence-corrected chi connectivity index (χ0v) is 12.0. The summed E-state index contributed by atoms with van der Waals surface area (Å²) in [5.41, 5.74) is 2.65. The lowest BCUT2D eigenvalue weighted by Gasteiger charge is -2.05. The van der Waals surface area contributed by atoms with Crippen LogP contribution in [0.15, 0.2) is 54.7 Å². The first-order chi connectivity index (χ1) is 10.6. The number of benzene rings is 2. The molecule has 112 valence electrons. The number of urea groups is 1. The third-order valence-corrected chi connectivity index (χ3v) is 3.03.